The van der Waals surface area contributed by atoms with Gasteiger partial charge in [0, 0.05) is 12.4 Å². The predicted octanol–water partition coefficient (Wildman–Crippen LogP) is 2.33. The molecule has 0 aliphatic heterocycles. The van der Waals surface area contributed by atoms with Gasteiger partial charge in [-0.1, -0.05) is 23.9 Å². The summed E-state index contributed by atoms with van der Waals surface area (Å²) in [5.41, 5.74) is 0. The van der Waals surface area contributed by atoms with Gasteiger partial charge in [0.15, 0.2) is 0 Å². The topological polar surface area (TPSA) is 46.0 Å². The molecule has 0 aliphatic carbocycles. The summed E-state index contributed by atoms with van der Waals surface area (Å²) in [7, 11) is 0. The first-order valence-corrected chi connectivity index (χ1v) is 4.90. The van der Waals surface area contributed by atoms with E-state index in [0.29, 0.717) is 0 Å². The van der Waals surface area contributed by atoms with E-state index in [0.717, 1.165) is 9.92 Å². The molecule has 1 heterocycles. The van der Waals surface area contributed by atoms with Crippen LogP contribution in [0.2, 0.25) is 0 Å². The maximum Gasteiger partial charge on any atom is 0.129 e. The molecule has 2 aromatic rings. The average Bonchev–Trinajstić information content (AvgIpc) is 2.23. The number of hydrogen-bond acceptors (Lipinski definition) is 4. The van der Waals surface area contributed by atoms with Crippen molar-refractivity contribution in [2.75, 3.05) is 0 Å². The van der Waals surface area contributed by atoms with E-state index >= 15 is 0 Å². The van der Waals surface area contributed by atoms with Gasteiger partial charge in [-0.3, -0.25) is 4.98 Å². The van der Waals surface area contributed by atoms with Crippen LogP contribution in [0.25, 0.3) is 0 Å². The zero-order valence-electron chi connectivity index (χ0n) is 7.29. The highest BCUT2D eigenvalue weighted by Crippen LogP contribution is 2.31. The van der Waals surface area contributed by atoms with Crippen LogP contribution in [0.4, 0.5) is 0 Å². The molecule has 0 atom stereocenters. The minimum absolute atomic E-state index is 0.267. The normalized spacial score (nSPS) is 10.0. The fourth-order valence-corrected chi connectivity index (χ4v) is 1.77. The van der Waals surface area contributed by atoms with Gasteiger partial charge in [0.25, 0.3) is 0 Å². The number of phenols is 1. The largest absolute Gasteiger partial charge is 0.507 e. The number of rotatable bonds is 2. The van der Waals surface area contributed by atoms with E-state index in [9.17, 15) is 5.11 Å². The monoisotopic (exact) mass is 204 g/mol. The third kappa shape index (κ3) is 2.03. The van der Waals surface area contributed by atoms with Crippen LogP contribution in [0, 0.1) is 0 Å². The van der Waals surface area contributed by atoms with E-state index in [2.05, 4.69) is 9.97 Å². The molecule has 0 radical (unpaired) electrons. The Bertz CT molecular complexity index is 419. The zero-order valence-corrected chi connectivity index (χ0v) is 8.11. The smallest absolute Gasteiger partial charge is 0.129 e. The van der Waals surface area contributed by atoms with Crippen molar-refractivity contribution in [2.24, 2.45) is 0 Å². The SMILES string of the molecule is Oc1ccccc1Sc1cnccn1. The summed E-state index contributed by atoms with van der Waals surface area (Å²) in [6.45, 7) is 0. The second-order valence-electron chi connectivity index (χ2n) is 2.61. The standard InChI is InChI=1S/C10H8N2OS/c13-8-3-1-2-4-9(8)14-10-7-11-5-6-12-10/h1-7,13H. The van der Waals surface area contributed by atoms with Crippen molar-refractivity contribution in [3.63, 3.8) is 0 Å². The molecule has 0 aliphatic rings. The second-order valence-corrected chi connectivity index (χ2v) is 3.68. The molecule has 70 valence electrons. The molecule has 1 aromatic heterocycles. The van der Waals surface area contributed by atoms with Gasteiger partial charge < -0.3 is 5.11 Å². The number of aromatic hydroxyl groups is 1. The van der Waals surface area contributed by atoms with Gasteiger partial charge in [-0.2, -0.15) is 0 Å². The fraction of sp³-hybridized carbons (Fsp3) is 0. The van der Waals surface area contributed by atoms with Crippen molar-refractivity contribution in [1.29, 1.82) is 0 Å². The molecule has 0 fully saturated rings. The molecule has 1 aromatic carbocycles. The van der Waals surface area contributed by atoms with Gasteiger partial charge in [0.2, 0.25) is 0 Å². The summed E-state index contributed by atoms with van der Waals surface area (Å²) >= 11 is 1.39. The fourth-order valence-electron chi connectivity index (χ4n) is 0.994. The van der Waals surface area contributed by atoms with E-state index in [4.69, 9.17) is 0 Å². The summed E-state index contributed by atoms with van der Waals surface area (Å²) in [5.74, 6) is 0.267. The molecule has 0 amide bonds. The maximum atomic E-state index is 9.50. The number of benzene rings is 1. The number of aromatic nitrogens is 2. The Morgan fingerprint density at radius 1 is 1.14 bits per heavy atom. The van der Waals surface area contributed by atoms with E-state index in [1.54, 1.807) is 30.7 Å². The summed E-state index contributed by atoms with van der Waals surface area (Å²) in [5, 5.41) is 10.3. The molecule has 0 saturated heterocycles. The van der Waals surface area contributed by atoms with Gasteiger partial charge in [0.05, 0.1) is 11.1 Å². The number of hydrogen-bond donors (Lipinski definition) is 1. The molecule has 1 N–H and O–H groups in total. The second kappa shape index (κ2) is 4.11. The van der Waals surface area contributed by atoms with Crippen LogP contribution in [-0.4, -0.2) is 15.1 Å². The highest BCUT2D eigenvalue weighted by molar-refractivity contribution is 7.99. The molecule has 2 rings (SSSR count). The van der Waals surface area contributed by atoms with Gasteiger partial charge in [-0.15, -0.1) is 0 Å². The number of phenolic OH excluding ortho intramolecular Hbond substituents is 1. The predicted molar refractivity (Wildman–Crippen MR) is 54.3 cm³/mol. The third-order valence-corrected chi connectivity index (χ3v) is 2.60. The minimum Gasteiger partial charge on any atom is -0.507 e. The van der Waals surface area contributed by atoms with Crippen molar-refractivity contribution >= 4 is 11.8 Å². The highest BCUT2D eigenvalue weighted by Gasteiger charge is 2.02. The molecule has 0 bridgehead atoms. The molecule has 3 nitrogen and oxygen atoms in total. The van der Waals surface area contributed by atoms with Crippen molar-refractivity contribution in [1.82, 2.24) is 9.97 Å². The molecular formula is C10H8N2OS. The average molecular weight is 204 g/mol. The van der Waals surface area contributed by atoms with Gasteiger partial charge in [-0.05, 0) is 12.1 Å². The summed E-state index contributed by atoms with van der Waals surface area (Å²) in [4.78, 5) is 8.84. The first kappa shape index (κ1) is 9.02. The van der Waals surface area contributed by atoms with E-state index < -0.39 is 0 Å². The molecule has 0 saturated carbocycles. The van der Waals surface area contributed by atoms with Crippen LogP contribution in [0.5, 0.6) is 5.75 Å². The zero-order chi connectivity index (χ0) is 9.80. The maximum absolute atomic E-state index is 9.50. The lowest BCUT2D eigenvalue weighted by Gasteiger charge is -2.01. The summed E-state index contributed by atoms with van der Waals surface area (Å²) in [6.07, 6.45) is 4.91. The first-order chi connectivity index (χ1) is 6.86. The van der Waals surface area contributed by atoms with Crippen LogP contribution in [0.3, 0.4) is 0 Å². The van der Waals surface area contributed by atoms with Crippen molar-refractivity contribution in [3.8, 4) is 5.75 Å². The highest BCUT2D eigenvalue weighted by atomic mass is 32.2. The lowest BCUT2D eigenvalue weighted by molar-refractivity contribution is 0.462. The van der Waals surface area contributed by atoms with Crippen LogP contribution in [-0.2, 0) is 0 Å². The van der Waals surface area contributed by atoms with Gasteiger partial charge in [-0.25, -0.2) is 4.98 Å². The van der Waals surface area contributed by atoms with Crippen LogP contribution < -0.4 is 0 Å². The Hall–Kier alpha value is -1.55. The Morgan fingerprint density at radius 3 is 2.71 bits per heavy atom. The lowest BCUT2D eigenvalue weighted by atomic mass is 10.3. The number of para-hydroxylation sites is 1. The molecule has 14 heavy (non-hydrogen) atoms. The van der Waals surface area contributed by atoms with Crippen LogP contribution in [0.15, 0.2) is 52.8 Å². The first-order valence-electron chi connectivity index (χ1n) is 4.08. The van der Waals surface area contributed by atoms with Crippen LogP contribution in [0.1, 0.15) is 0 Å². The third-order valence-electron chi connectivity index (χ3n) is 1.62. The van der Waals surface area contributed by atoms with Crippen LogP contribution >= 0.6 is 11.8 Å². The number of nitrogens with zero attached hydrogens (tertiary/aromatic N) is 2. The molecular weight excluding hydrogens is 196 g/mol. The molecule has 4 heteroatoms. The van der Waals surface area contributed by atoms with E-state index in [1.807, 2.05) is 12.1 Å². The van der Waals surface area contributed by atoms with Crippen molar-refractivity contribution in [2.45, 2.75) is 9.92 Å². The quantitative estimate of drug-likeness (QED) is 0.815. The Kier molecular flexibility index (Phi) is 2.65. The van der Waals surface area contributed by atoms with Crippen molar-refractivity contribution in [3.05, 3.63) is 42.9 Å². The van der Waals surface area contributed by atoms with Gasteiger partial charge in [0.1, 0.15) is 10.8 Å². The van der Waals surface area contributed by atoms with E-state index in [1.165, 1.54) is 11.8 Å². The summed E-state index contributed by atoms with van der Waals surface area (Å²) < 4.78 is 0. The Balaban J connectivity index is 2.24. The molecule has 0 spiro atoms. The Morgan fingerprint density at radius 2 is 2.00 bits per heavy atom. The lowest BCUT2D eigenvalue weighted by Crippen LogP contribution is -1.80. The van der Waals surface area contributed by atoms with E-state index in [-0.39, 0.29) is 5.75 Å². The summed E-state index contributed by atoms with van der Waals surface area (Å²) in [6, 6.07) is 7.15. The Labute approximate surface area is 85.8 Å². The molecule has 0 unspecified atom stereocenters. The van der Waals surface area contributed by atoms with Gasteiger partial charge >= 0.3 is 0 Å². The van der Waals surface area contributed by atoms with Crippen molar-refractivity contribution < 1.29 is 5.11 Å². The minimum atomic E-state index is 0.267.